The molecule has 0 aromatic carbocycles. The molecule has 0 radical (unpaired) electrons. The predicted molar refractivity (Wildman–Crippen MR) is 80.5 cm³/mol. The molecule has 1 atom stereocenters. The lowest BCUT2D eigenvalue weighted by Gasteiger charge is -2.41. The van der Waals surface area contributed by atoms with Gasteiger partial charge in [-0.1, -0.05) is 12.8 Å². The second-order valence-corrected chi connectivity index (χ2v) is 6.78. The number of piperidine rings is 3. The van der Waals surface area contributed by atoms with Crippen LogP contribution in [-0.4, -0.2) is 61.2 Å². The van der Waals surface area contributed by atoms with Gasteiger partial charge in [-0.15, -0.1) is 0 Å². The largest absolute Gasteiger partial charge is 0.313 e. The Balaban J connectivity index is 1.38. The van der Waals surface area contributed by atoms with Gasteiger partial charge in [-0.2, -0.15) is 0 Å². The molecule has 3 fully saturated rings. The minimum atomic E-state index is 0.778. The molecule has 1 N–H and O–H groups in total. The van der Waals surface area contributed by atoms with Crippen molar-refractivity contribution in [2.24, 2.45) is 0 Å². The maximum absolute atomic E-state index is 3.69. The van der Waals surface area contributed by atoms with Crippen molar-refractivity contribution in [3.8, 4) is 0 Å². The van der Waals surface area contributed by atoms with Crippen LogP contribution < -0.4 is 5.32 Å². The first-order valence-corrected chi connectivity index (χ1v) is 8.61. The van der Waals surface area contributed by atoms with Crippen LogP contribution in [0.5, 0.6) is 0 Å². The summed E-state index contributed by atoms with van der Waals surface area (Å²) in [6, 6.07) is 1.68. The molecule has 3 heterocycles. The van der Waals surface area contributed by atoms with Gasteiger partial charge < -0.3 is 15.1 Å². The standard InChI is InChI=1S/C16H31N3/c1-4-10-19(11-5-1)16-7-12-18(13-8-16)14-15-6-2-3-9-17-15/h15-17H,1-14H2. The summed E-state index contributed by atoms with van der Waals surface area (Å²) in [7, 11) is 0. The number of likely N-dealkylation sites (tertiary alicyclic amines) is 2. The van der Waals surface area contributed by atoms with Gasteiger partial charge in [-0.05, 0) is 71.2 Å². The maximum atomic E-state index is 3.69. The van der Waals surface area contributed by atoms with Gasteiger partial charge in [0.2, 0.25) is 0 Å². The lowest BCUT2D eigenvalue weighted by atomic mass is 9.98. The van der Waals surface area contributed by atoms with E-state index in [0.717, 1.165) is 12.1 Å². The van der Waals surface area contributed by atoms with Gasteiger partial charge in [0.15, 0.2) is 0 Å². The first kappa shape index (κ1) is 13.8. The molecule has 0 saturated carbocycles. The van der Waals surface area contributed by atoms with Gasteiger partial charge in [-0.3, -0.25) is 0 Å². The smallest absolute Gasteiger partial charge is 0.0195 e. The van der Waals surface area contributed by atoms with Crippen LogP contribution in [-0.2, 0) is 0 Å². The van der Waals surface area contributed by atoms with Gasteiger partial charge in [0.1, 0.15) is 0 Å². The second kappa shape index (κ2) is 7.05. The Kier molecular flexibility index (Phi) is 5.14. The maximum Gasteiger partial charge on any atom is 0.0195 e. The highest BCUT2D eigenvalue weighted by molar-refractivity contribution is 4.84. The summed E-state index contributed by atoms with van der Waals surface area (Å²) in [5, 5.41) is 3.69. The van der Waals surface area contributed by atoms with E-state index >= 15 is 0 Å². The van der Waals surface area contributed by atoms with Crippen molar-refractivity contribution in [3.05, 3.63) is 0 Å². The van der Waals surface area contributed by atoms with E-state index < -0.39 is 0 Å². The quantitative estimate of drug-likeness (QED) is 0.843. The monoisotopic (exact) mass is 265 g/mol. The minimum Gasteiger partial charge on any atom is -0.313 e. The van der Waals surface area contributed by atoms with Crippen molar-refractivity contribution in [2.75, 3.05) is 39.3 Å². The number of nitrogens with one attached hydrogen (secondary N) is 1. The van der Waals surface area contributed by atoms with Gasteiger partial charge in [0, 0.05) is 18.6 Å². The lowest BCUT2D eigenvalue weighted by Crippen LogP contribution is -2.50. The van der Waals surface area contributed by atoms with Crippen LogP contribution in [0.15, 0.2) is 0 Å². The number of hydrogen-bond donors (Lipinski definition) is 1. The van der Waals surface area contributed by atoms with E-state index in [-0.39, 0.29) is 0 Å². The number of hydrogen-bond acceptors (Lipinski definition) is 3. The van der Waals surface area contributed by atoms with E-state index in [4.69, 9.17) is 0 Å². The van der Waals surface area contributed by atoms with E-state index in [9.17, 15) is 0 Å². The highest BCUT2D eigenvalue weighted by Gasteiger charge is 2.26. The summed E-state index contributed by atoms with van der Waals surface area (Å²) in [5.41, 5.74) is 0. The Morgan fingerprint density at radius 1 is 0.789 bits per heavy atom. The third kappa shape index (κ3) is 3.93. The van der Waals surface area contributed by atoms with Crippen LogP contribution in [0.25, 0.3) is 0 Å². The summed E-state index contributed by atoms with van der Waals surface area (Å²) in [5.74, 6) is 0. The Labute approximate surface area is 118 Å². The summed E-state index contributed by atoms with van der Waals surface area (Å²) >= 11 is 0. The number of nitrogens with zero attached hydrogens (tertiary/aromatic N) is 2. The molecule has 3 nitrogen and oxygen atoms in total. The van der Waals surface area contributed by atoms with Crippen molar-refractivity contribution in [2.45, 2.75) is 63.5 Å². The molecular weight excluding hydrogens is 234 g/mol. The summed E-state index contributed by atoms with van der Waals surface area (Å²) in [4.78, 5) is 5.49. The van der Waals surface area contributed by atoms with E-state index in [2.05, 4.69) is 15.1 Å². The Bertz CT molecular complexity index is 249. The zero-order valence-corrected chi connectivity index (χ0v) is 12.4. The average molecular weight is 265 g/mol. The van der Waals surface area contributed by atoms with E-state index in [0.29, 0.717) is 0 Å². The van der Waals surface area contributed by atoms with Crippen molar-refractivity contribution < 1.29 is 0 Å². The molecule has 0 amide bonds. The van der Waals surface area contributed by atoms with Gasteiger partial charge in [-0.25, -0.2) is 0 Å². The van der Waals surface area contributed by atoms with Crippen molar-refractivity contribution in [3.63, 3.8) is 0 Å². The van der Waals surface area contributed by atoms with Gasteiger partial charge in [0.05, 0.1) is 0 Å². The molecule has 0 spiro atoms. The predicted octanol–water partition coefficient (Wildman–Crippen LogP) is 2.08. The van der Waals surface area contributed by atoms with Crippen molar-refractivity contribution in [1.82, 2.24) is 15.1 Å². The molecular formula is C16H31N3. The molecule has 3 heteroatoms. The van der Waals surface area contributed by atoms with Crippen molar-refractivity contribution in [1.29, 1.82) is 0 Å². The summed E-state index contributed by atoms with van der Waals surface area (Å²) < 4.78 is 0. The Hall–Kier alpha value is -0.120. The first-order chi connectivity index (χ1) is 9.42. The molecule has 0 aliphatic carbocycles. The molecule has 19 heavy (non-hydrogen) atoms. The van der Waals surface area contributed by atoms with E-state index in [1.807, 2.05) is 0 Å². The first-order valence-electron chi connectivity index (χ1n) is 8.61. The van der Waals surface area contributed by atoms with Gasteiger partial charge >= 0.3 is 0 Å². The molecule has 3 rings (SSSR count). The zero-order valence-electron chi connectivity index (χ0n) is 12.4. The van der Waals surface area contributed by atoms with Crippen LogP contribution >= 0.6 is 0 Å². The fraction of sp³-hybridized carbons (Fsp3) is 1.00. The topological polar surface area (TPSA) is 18.5 Å². The van der Waals surface area contributed by atoms with Crippen LogP contribution in [0.3, 0.4) is 0 Å². The Morgan fingerprint density at radius 2 is 1.58 bits per heavy atom. The summed E-state index contributed by atoms with van der Waals surface area (Å²) in [6.07, 6.45) is 11.4. The molecule has 3 aliphatic heterocycles. The second-order valence-electron chi connectivity index (χ2n) is 6.78. The molecule has 0 aromatic rings. The molecule has 3 saturated heterocycles. The normalized spacial score (nSPS) is 32.5. The molecule has 0 aromatic heterocycles. The number of rotatable bonds is 3. The SMILES string of the molecule is C1CCN(C2CCN(CC3CCCCN3)CC2)CC1. The Morgan fingerprint density at radius 3 is 2.26 bits per heavy atom. The summed E-state index contributed by atoms with van der Waals surface area (Å²) in [6.45, 7) is 7.95. The minimum absolute atomic E-state index is 0.778. The zero-order chi connectivity index (χ0) is 12.9. The van der Waals surface area contributed by atoms with Crippen LogP contribution in [0.2, 0.25) is 0 Å². The molecule has 1 unspecified atom stereocenters. The van der Waals surface area contributed by atoms with Crippen LogP contribution in [0.1, 0.15) is 51.4 Å². The lowest BCUT2D eigenvalue weighted by molar-refractivity contribution is 0.0863. The molecule has 110 valence electrons. The fourth-order valence-electron chi connectivity index (χ4n) is 4.14. The third-order valence-electron chi connectivity index (χ3n) is 5.36. The van der Waals surface area contributed by atoms with Gasteiger partial charge in [0.25, 0.3) is 0 Å². The van der Waals surface area contributed by atoms with E-state index in [1.165, 1.54) is 90.6 Å². The third-order valence-corrected chi connectivity index (χ3v) is 5.36. The molecule has 0 bridgehead atoms. The van der Waals surface area contributed by atoms with E-state index in [1.54, 1.807) is 0 Å². The fourth-order valence-corrected chi connectivity index (χ4v) is 4.14. The highest BCUT2D eigenvalue weighted by Crippen LogP contribution is 2.21. The van der Waals surface area contributed by atoms with Crippen LogP contribution in [0, 0.1) is 0 Å². The van der Waals surface area contributed by atoms with Crippen LogP contribution in [0.4, 0.5) is 0 Å². The average Bonchev–Trinajstić information content (AvgIpc) is 2.50. The van der Waals surface area contributed by atoms with Crippen molar-refractivity contribution >= 4 is 0 Å². The molecule has 3 aliphatic rings. The highest BCUT2D eigenvalue weighted by atomic mass is 15.2.